The van der Waals surface area contributed by atoms with E-state index < -0.39 is 0 Å². The number of hydrogen-bond donors (Lipinski definition) is 1. The second-order valence-corrected chi connectivity index (χ2v) is 7.17. The molecule has 2 aliphatic heterocycles. The van der Waals surface area contributed by atoms with Crippen molar-refractivity contribution in [1.82, 2.24) is 15.1 Å². The summed E-state index contributed by atoms with van der Waals surface area (Å²) in [6, 6.07) is 0. The first-order valence-corrected chi connectivity index (χ1v) is 8.90. The zero-order valence-electron chi connectivity index (χ0n) is 14.3. The van der Waals surface area contributed by atoms with Crippen LogP contribution >= 0.6 is 0 Å². The summed E-state index contributed by atoms with van der Waals surface area (Å²) in [7, 11) is 4.37. The fraction of sp³-hybridized carbons (Fsp3) is 1.00. The number of hydrogen-bond acceptors (Lipinski definition) is 4. The van der Waals surface area contributed by atoms with Crippen molar-refractivity contribution in [3.63, 3.8) is 0 Å². The van der Waals surface area contributed by atoms with E-state index in [2.05, 4.69) is 36.1 Å². The molecule has 0 amide bonds. The van der Waals surface area contributed by atoms with E-state index in [-0.39, 0.29) is 0 Å². The second kappa shape index (κ2) is 9.09. The molecule has 124 valence electrons. The highest BCUT2D eigenvalue weighted by molar-refractivity contribution is 4.81. The van der Waals surface area contributed by atoms with Gasteiger partial charge in [0.05, 0.1) is 12.2 Å². The third-order valence-corrected chi connectivity index (χ3v) is 4.79. The monoisotopic (exact) mass is 297 g/mol. The Morgan fingerprint density at radius 1 is 1.10 bits per heavy atom. The van der Waals surface area contributed by atoms with E-state index in [1.54, 1.807) is 0 Å². The van der Waals surface area contributed by atoms with Crippen molar-refractivity contribution in [1.29, 1.82) is 0 Å². The summed E-state index contributed by atoms with van der Waals surface area (Å²) < 4.78 is 6.19. The zero-order chi connectivity index (χ0) is 15.1. The van der Waals surface area contributed by atoms with E-state index in [0.29, 0.717) is 12.2 Å². The molecular formula is C17H35N3O. The maximum absolute atomic E-state index is 6.19. The number of nitrogens with zero attached hydrogens (tertiary/aromatic N) is 2. The van der Waals surface area contributed by atoms with Gasteiger partial charge in [-0.3, -0.25) is 0 Å². The number of likely N-dealkylation sites (tertiary alicyclic amines) is 1. The van der Waals surface area contributed by atoms with Crippen LogP contribution in [0.4, 0.5) is 0 Å². The van der Waals surface area contributed by atoms with Crippen molar-refractivity contribution in [2.24, 2.45) is 5.92 Å². The Balaban J connectivity index is 1.59. The van der Waals surface area contributed by atoms with Crippen LogP contribution in [0.15, 0.2) is 0 Å². The molecule has 2 unspecified atom stereocenters. The maximum atomic E-state index is 6.19. The van der Waals surface area contributed by atoms with Crippen molar-refractivity contribution in [2.45, 2.75) is 51.2 Å². The molecule has 2 rings (SSSR count). The molecule has 2 heterocycles. The summed E-state index contributed by atoms with van der Waals surface area (Å²) in [5, 5.41) is 3.48. The lowest BCUT2D eigenvalue weighted by molar-refractivity contribution is 0.0159. The fourth-order valence-corrected chi connectivity index (χ4v) is 3.66. The van der Waals surface area contributed by atoms with E-state index in [0.717, 1.165) is 25.6 Å². The third-order valence-electron chi connectivity index (χ3n) is 4.79. The Morgan fingerprint density at radius 3 is 2.48 bits per heavy atom. The summed E-state index contributed by atoms with van der Waals surface area (Å²) in [4.78, 5) is 4.95. The molecule has 2 saturated heterocycles. The van der Waals surface area contributed by atoms with Gasteiger partial charge in [0.1, 0.15) is 0 Å². The molecule has 4 nitrogen and oxygen atoms in total. The lowest BCUT2D eigenvalue weighted by atomic mass is 9.96. The van der Waals surface area contributed by atoms with Gasteiger partial charge in [0.25, 0.3) is 0 Å². The standard InChI is InChI=1S/C17H35N3O/c1-4-9-18-12-16-5-6-17(21-16)14-20-10-7-15(8-11-20)13-19(2)3/h15-18H,4-14H2,1-3H3. The van der Waals surface area contributed by atoms with Gasteiger partial charge in [0.2, 0.25) is 0 Å². The highest BCUT2D eigenvalue weighted by Gasteiger charge is 2.28. The van der Waals surface area contributed by atoms with E-state index in [1.165, 1.54) is 51.7 Å². The second-order valence-electron chi connectivity index (χ2n) is 7.17. The largest absolute Gasteiger partial charge is 0.372 e. The average molecular weight is 297 g/mol. The van der Waals surface area contributed by atoms with Gasteiger partial charge in [0, 0.05) is 19.6 Å². The molecule has 0 bridgehead atoms. The summed E-state index contributed by atoms with van der Waals surface area (Å²) in [6.45, 7) is 9.29. The van der Waals surface area contributed by atoms with Gasteiger partial charge < -0.3 is 19.9 Å². The van der Waals surface area contributed by atoms with Gasteiger partial charge in [-0.1, -0.05) is 6.92 Å². The van der Waals surface area contributed by atoms with E-state index >= 15 is 0 Å². The smallest absolute Gasteiger partial charge is 0.0707 e. The molecule has 2 fully saturated rings. The molecule has 2 aliphatic rings. The minimum absolute atomic E-state index is 0.452. The molecule has 0 aromatic rings. The van der Waals surface area contributed by atoms with Crippen LogP contribution in [0.1, 0.15) is 39.0 Å². The van der Waals surface area contributed by atoms with Crippen LogP contribution in [0, 0.1) is 5.92 Å². The maximum Gasteiger partial charge on any atom is 0.0707 e. The van der Waals surface area contributed by atoms with Crippen LogP contribution in [0.2, 0.25) is 0 Å². The normalized spacial score (nSPS) is 28.6. The molecule has 1 N–H and O–H groups in total. The van der Waals surface area contributed by atoms with Crippen LogP contribution < -0.4 is 5.32 Å². The van der Waals surface area contributed by atoms with Crippen molar-refractivity contribution in [2.75, 3.05) is 53.4 Å². The van der Waals surface area contributed by atoms with Crippen LogP contribution in [0.25, 0.3) is 0 Å². The molecule has 4 heteroatoms. The minimum atomic E-state index is 0.452. The lowest BCUT2D eigenvalue weighted by Gasteiger charge is -2.34. The van der Waals surface area contributed by atoms with Gasteiger partial charge in [-0.2, -0.15) is 0 Å². The lowest BCUT2D eigenvalue weighted by Crippen LogP contribution is -2.41. The molecule has 0 aromatic carbocycles. The highest BCUT2D eigenvalue weighted by atomic mass is 16.5. The molecule has 0 spiro atoms. The van der Waals surface area contributed by atoms with Gasteiger partial charge in [-0.15, -0.1) is 0 Å². The van der Waals surface area contributed by atoms with Crippen molar-refractivity contribution in [3.05, 3.63) is 0 Å². The first-order valence-electron chi connectivity index (χ1n) is 8.90. The predicted molar refractivity (Wildman–Crippen MR) is 88.8 cm³/mol. The van der Waals surface area contributed by atoms with Crippen molar-refractivity contribution >= 4 is 0 Å². The zero-order valence-corrected chi connectivity index (χ0v) is 14.3. The summed E-state index contributed by atoms with van der Waals surface area (Å²) >= 11 is 0. The number of ether oxygens (including phenoxy) is 1. The first-order chi connectivity index (χ1) is 10.2. The van der Waals surface area contributed by atoms with E-state index in [1.807, 2.05) is 0 Å². The van der Waals surface area contributed by atoms with Crippen LogP contribution in [0.3, 0.4) is 0 Å². The quantitative estimate of drug-likeness (QED) is 0.692. The van der Waals surface area contributed by atoms with Gasteiger partial charge in [-0.05, 0) is 71.8 Å². The summed E-state index contributed by atoms with van der Waals surface area (Å²) in [5.74, 6) is 0.895. The van der Waals surface area contributed by atoms with Gasteiger partial charge in [0.15, 0.2) is 0 Å². The number of nitrogens with one attached hydrogen (secondary N) is 1. The van der Waals surface area contributed by atoms with Crippen LogP contribution in [-0.2, 0) is 4.74 Å². The van der Waals surface area contributed by atoms with E-state index in [4.69, 9.17) is 4.74 Å². The predicted octanol–water partition coefficient (Wildman–Crippen LogP) is 1.81. The SMILES string of the molecule is CCCNCC1CCC(CN2CCC(CN(C)C)CC2)O1. The molecule has 0 radical (unpaired) electrons. The van der Waals surface area contributed by atoms with E-state index in [9.17, 15) is 0 Å². The van der Waals surface area contributed by atoms with Gasteiger partial charge in [-0.25, -0.2) is 0 Å². The third kappa shape index (κ3) is 6.23. The fourth-order valence-electron chi connectivity index (χ4n) is 3.66. The number of rotatable bonds is 8. The van der Waals surface area contributed by atoms with Crippen LogP contribution in [0.5, 0.6) is 0 Å². The van der Waals surface area contributed by atoms with Crippen molar-refractivity contribution in [3.8, 4) is 0 Å². The summed E-state index contributed by atoms with van der Waals surface area (Å²) in [6.07, 6.45) is 7.32. The molecule has 0 aromatic heterocycles. The Labute approximate surface area is 131 Å². The average Bonchev–Trinajstić information content (AvgIpc) is 2.88. The molecular weight excluding hydrogens is 262 g/mol. The number of piperidine rings is 1. The highest BCUT2D eigenvalue weighted by Crippen LogP contribution is 2.23. The Kier molecular flexibility index (Phi) is 7.44. The molecule has 2 atom stereocenters. The Morgan fingerprint density at radius 2 is 1.81 bits per heavy atom. The molecule has 21 heavy (non-hydrogen) atoms. The Hall–Kier alpha value is -0.160. The Bertz CT molecular complexity index is 277. The molecule has 0 saturated carbocycles. The first kappa shape index (κ1) is 17.2. The summed E-state index contributed by atoms with van der Waals surface area (Å²) in [5.41, 5.74) is 0. The van der Waals surface area contributed by atoms with Crippen molar-refractivity contribution < 1.29 is 4.74 Å². The molecule has 0 aliphatic carbocycles. The minimum Gasteiger partial charge on any atom is -0.372 e. The topological polar surface area (TPSA) is 27.7 Å². The van der Waals surface area contributed by atoms with Gasteiger partial charge >= 0.3 is 0 Å². The van der Waals surface area contributed by atoms with Crippen LogP contribution in [-0.4, -0.2) is 75.4 Å².